The van der Waals surface area contributed by atoms with Crippen molar-refractivity contribution in [2.24, 2.45) is 5.10 Å². The average molecular weight is 507 g/mol. The second kappa shape index (κ2) is 12.0. The number of rotatable bonds is 7. The van der Waals surface area contributed by atoms with Gasteiger partial charge >= 0.3 is 11.8 Å². The lowest BCUT2D eigenvalue weighted by Crippen LogP contribution is -2.32. The van der Waals surface area contributed by atoms with E-state index in [9.17, 15) is 14.4 Å². The number of aryl methyl sites for hydroxylation is 4. The molecule has 0 heterocycles. The van der Waals surface area contributed by atoms with Gasteiger partial charge in [0.25, 0.3) is 5.91 Å². The minimum Gasteiger partial charge on any atom is -0.483 e. The molecule has 0 fully saturated rings. The average Bonchev–Trinajstić information content (AvgIpc) is 2.83. The Balaban J connectivity index is 1.61. The molecular weight excluding hydrogens is 480 g/mol. The van der Waals surface area contributed by atoms with Gasteiger partial charge in [-0.2, -0.15) is 5.10 Å². The first-order chi connectivity index (χ1) is 17.1. The van der Waals surface area contributed by atoms with Gasteiger partial charge in [-0.3, -0.25) is 14.4 Å². The van der Waals surface area contributed by atoms with Gasteiger partial charge in [0.05, 0.1) is 6.21 Å². The van der Waals surface area contributed by atoms with Gasteiger partial charge < -0.3 is 15.4 Å². The molecule has 8 nitrogen and oxygen atoms in total. The minimum absolute atomic E-state index is 0.250. The van der Waals surface area contributed by atoms with Crippen LogP contribution in [-0.2, 0) is 14.4 Å². The SMILES string of the molecule is Cc1ccc(C)c(NC(=O)COc2ccc(Cl)cc2/C=N\NC(=O)C(=O)Nc2c(C)cccc2C)c1. The Morgan fingerprint density at radius 1 is 0.889 bits per heavy atom. The lowest BCUT2D eigenvalue weighted by atomic mass is 10.1. The van der Waals surface area contributed by atoms with E-state index in [0.717, 1.165) is 22.3 Å². The van der Waals surface area contributed by atoms with Crippen molar-refractivity contribution in [3.05, 3.63) is 87.4 Å². The quantitative estimate of drug-likeness (QED) is 0.245. The van der Waals surface area contributed by atoms with Crippen LogP contribution in [0, 0.1) is 27.7 Å². The molecular formula is C27H27ClN4O4. The smallest absolute Gasteiger partial charge is 0.329 e. The van der Waals surface area contributed by atoms with E-state index in [2.05, 4.69) is 21.2 Å². The van der Waals surface area contributed by atoms with Crippen molar-refractivity contribution in [3.63, 3.8) is 0 Å². The van der Waals surface area contributed by atoms with Crippen LogP contribution in [0.2, 0.25) is 5.02 Å². The Kier molecular flexibility index (Phi) is 8.81. The van der Waals surface area contributed by atoms with Gasteiger partial charge in [0.1, 0.15) is 5.75 Å². The van der Waals surface area contributed by atoms with Crippen LogP contribution in [0.3, 0.4) is 0 Å². The first-order valence-corrected chi connectivity index (χ1v) is 11.5. The lowest BCUT2D eigenvalue weighted by Gasteiger charge is -2.12. The number of carbonyl (C=O) groups excluding carboxylic acids is 3. The van der Waals surface area contributed by atoms with Gasteiger partial charge in [-0.05, 0) is 74.2 Å². The van der Waals surface area contributed by atoms with Crippen molar-refractivity contribution in [2.45, 2.75) is 27.7 Å². The predicted molar refractivity (Wildman–Crippen MR) is 142 cm³/mol. The molecule has 0 unspecified atom stereocenters. The summed E-state index contributed by atoms with van der Waals surface area (Å²) in [7, 11) is 0. The molecule has 0 aliphatic heterocycles. The van der Waals surface area contributed by atoms with Crippen LogP contribution in [0.4, 0.5) is 11.4 Å². The lowest BCUT2D eigenvalue weighted by molar-refractivity contribution is -0.136. The highest BCUT2D eigenvalue weighted by molar-refractivity contribution is 6.39. The maximum absolute atomic E-state index is 12.4. The fourth-order valence-electron chi connectivity index (χ4n) is 3.34. The Morgan fingerprint density at radius 2 is 1.61 bits per heavy atom. The number of carbonyl (C=O) groups is 3. The molecule has 3 N–H and O–H groups in total. The largest absolute Gasteiger partial charge is 0.483 e. The highest BCUT2D eigenvalue weighted by Gasteiger charge is 2.15. The summed E-state index contributed by atoms with van der Waals surface area (Å²) >= 11 is 6.08. The number of anilines is 2. The zero-order valence-corrected chi connectivity index (χ0v) is 21.2. The van der Waals surface area contributed by atoms with Crippen LogP contribution >= 0.6 is 11.6 Å². The number of nitrogens with one attached hydrogen (secondary N) is 3. The molecule has 3 rings (SSSR count). The van der Waals surface area contributed by atoms with Crippen molar-refractivity contribution in [1.82, 2.24) is 5.43 Å². The van der Waals surface area contributed by atoms with Gasteiger partial charge in [0.15, 0.2) is 6.61 Å². The number of hydrogen-bond acceptors (Lipinski definition) is 5. The third-order valence-corrected chi connectivity index (χ3v) is 5.53. The van der Waals surface area contributed by atoms with Crippen LogP contribution < -0.4 is 20.8 Å². The molecule has 36 heavy (non-hydrogen) atoms. The van der Waals surface area contributed by atoms with Gasteiger partial charge in [-0.1, -0.05) is 41.9 Å². The Bertz CT molecular complexity index is 1320. The second-order valence-corrected chi connectivity index (χ2v) is 8.69. The van der Waals surface area contributed by atoms with Gasteiger partial charge in [0, 0.05) is 22.0 Å². The number of nitrogens with zero attached hydrogens (tertiary/aromatic N) is 1. The molecule has 0 saturated carbocycles. The number of halogens is 1. The normalized spacial score (nSPS) is 10.7. The minimum atomic E-state index is -0.939. The Labute approximate surface area is 214 Å². The van der Waals surface area contributed by atoms with Crippen LogP contribution in [0.1, 0.15) is 27.8 Å². The standard InChI is InChI=1S/C27H27ClN4O4/c1-16-8-9-17(2)22(12-16)30-24(33)15-36-23-11-10-21(28)13-20(23)14-29-32-27(35)26(34)31-25-18(3)6-5-7-19(25)4/h5-14H,15H2,1-4H3,(H,30,33)(H,31,34)(H,32,35)/b29-14-. The van der Waals surface area contributed by atoms with Crippen LogP contribution in [0.15, 0.2) is 59.7 Å². The van der Waals surface area contributed by atoms with Crippen molar-refractivity contribution >= 4 is 46.9 Å². The van der Waals surface area contributed by atoms with Crippen LogP contribution in [0.25, 0.3) is 0 Å². The predicted octanol–water partition coefficient (Wildman–Crippen LogP) is 4.68. The summed E-state index contributed by atoms with van der Waals surface area (Å²) in [5.74, 6) is -1.80. The molecule has 0 bridgehead atoms. The third-order valence-electron chi connectivity index (χ3n) is 5.29. The maximum atomic E-state index is 12.4. The Morgan fingerprint density at radius 3 is 2.33 bits per heavy atom. The van der Waals surface area contributed by atoms with E-state index in [0.29, 0.717) is 27.7 Å². The van der Waals surface area contributed by atoms with E-state index in [1.165, 1.54) is 6.21 Å². The second-order valence-electron chi connectivity index (χ2n) is 8.26. The summed E-state index contributed by atoms with van der Waals surface area (Å²) in [5.41, 5.74) is 7.52. The van der Waals surface area contributed by atoms with E-state index in [-0.39, 0.29) is 12.5 Å². The topological polar surface area (TPSA) is 109 Å². The van der Waals surface area contributed by atoms with Crippen LogP contribution in [0.5, 0.6) is 5.75 Å². The summed E-state index contributed by atoms with van der Waals surface area (Å²) in [6.07, 6.45) is 1.29. The molecule has 0 saturated heterocycles. The summed E-state index contributed by atoms with van der Waals surface area (Å²) in [6.45, 7) is 7.27. The van der Waals surface area contributed by atoms with Gasteiger partial charge in [0.2, 0.25) is 0 Å². The third kappa shape index (κ3) is 7.16. The molecule has 0 radical (unpaired) electrons. The zero-order valence-electron chi connectivity index (χ0n) is 20.4. The van der Waals surface area contributed by atoms with Crippen molar-refractivity contribution in [1.29, 1.82) is 0 Å². The van der Waals surface area contributed by atoms with Gasteiger partial charge in [-0.15, -0.1) is 0 Å². The monoisotopic (exact) mass is 506 g/mol. The van der Waals surface area contributed by atoms with Crippen molar-refractivity contribution < 1.29 is 19.1 Å². The number of amides is 3. The number of ether oxygens (including phenoxy) is 1. The van der Waals surface area contributed by atoms with E-state index in [1.807, 2.05) is 64.1 Å². The molecule has 0 atom stereocenters. The number of benzene rings is 3. The molecule has 0 aromatic heterocycles. The zero-order chi connectivity index (χ0) is 26.2. The fraction of sp³-hybridized carbons (Fsp3) is 0.185. The molecule has 186 valence electrons. The first kappa shape index (κ1) is 26.4. The summed E-state index contributed by atoms with van der Waals surface area (Å²) < 4.78 is 5.65. The number of hydrazone groups is 1. The maximum Gasteiger partial charge on any atom is 0.329 e. The van der Waals surface area contributed by atoms with E-state index in [1.54, 1.807) is 18.2 Å². The number of hydrogen-bond donors (Lipinski definition) is 3. The summed E-state index contributed by atoms with van der Waals surface area (Å²) in [4.78, 5) is 36.9. The Hall–Kier alpha value is -4.17. The molecule has 9 heteroatoms. The fourth-order valence-corrected chi connectivity index (χ4v) is 3.53. The summed E-state index contributed by atoms with van der Waals surface area (Å²) in [5, 5.41) is 9.67. The summed E-state index contributed by atoms with van der Waals surface area (Å²) in [6, 6.07) is 16.1. The van der Waals surface area contributed by atoms with E-state index < -0.39 is 11.8 Å². The molecule has 0 aliphatic rings. The molecule has 0 spiro atoms. The molecule has 3 amide bonds. The van der Waals surface area contributed by atoms with Gasteiger partial charge in [-0.25, -0.2) is 5.43 Å². The first-order valence-electron chi connectivity index (χ1n) is 11.1. The highest BCUT2D eigenvalue weighted by atomic mass is 35.5. The highest BCUT2D eigenvalue weighted by Crippen LogP contribution is 2.22. The molecule has 3 aromatic carbocycles. The van der Waals surface area contributed by atoms with Crippen LogP contribution in [-0.4, -0.2) is 30.5 Å². The molecule has 0 aliphatic carbocycles. The van der Waals surface area contributed by atoms with E-state index in [4.69, 9.17) is 16.3 Å². The van der Waals surface area contributed by atoms with Crippen molar-refractivity contribution in [2.75, 3.05) is 17.2 Å². The molecule has 3 aromatic rings. The number of para-hydroxylation sites is 1. The van der Waals surface area contributed by atoms with E-state index >= 15 is 0 Å². The van der Waals surface area contributed by atoms with Crippen molar-refractivity contribution in [3.8, 4) is 5.75 Å².